The number of carbonyl (C=O) groups is 1. The van der Waals surface area contributed by atoms with E-state index in [9.17, 15) is 9.18 Å². The molecule has 0 aliphatic rings. The smallest absolute Gasteiger partial charge is 0.339 e. The first kappa shape index (κ1) is 15.0. The van der Waals surface area contributed by atoms with Crippen molar-refractivity contribution in [1.82, 2.24) is 0 Å². The molecule has 21 heavy (non-hydrogen) atoms. The monoisotopic (exact) mass is 348 g/mol. The van der Waals surface area contributed by atoms with Crippen LogP contribution in [0.5, 0.6) is 0 Å². The Kier molecular flexibility index (Phi) is 4.55. The average molecular weight is 349 g/mol. The summed E-state index contributed by atoms with van der Waals surface area (Å²) in [6.07, 6.45) is 0. The van der Waals surface area contributed by atoms with Crippen molar-refractivity contribution < 1.29 is 13.9 Å². The van der Waals surface area contributed by atoms with Crippen LogP contribution in [0.1, 0.15) is 21.5 Å². The Morgan fingerprint density at radius 2 is 2.14 bits per heavy atom. The number of nitrogens with two attached hydrogens (primary N) is 1. The molecule has 2 rings (SSSR count). The molecular weight excluding hydrogens is 339 g/mol. The highest BCUT2D eigenvalue weighted by Gasteiger charge is 2.15. The van der Waals surface area contributed by atoms with Crippen LogP contribution < -0.4 is 5.73 Å². The van der Waals surface area contributed by atoms with Crippen molar-refractivity contribution in [1.29, 1.82) is 5.26 Å². The Bertz CT molecular complexity index is 741. The molecule has 0 aromatic heterocycles. The molecule has 0 unspecified atom stereocenters. The van der Waals surface area contributed by atoms with Crippen LogP contribution >= 0.6 is 15.9 Å². The molecule has 106 valence electrons. The lowest BCUT2D eigenvalue weighted by Gasteiger charge is -2.08. The third-order valence-electron chi connectivity index (χ3n) is 2.73. The topological polar surface area (TPSA) is 76.1 Å². The van der Waals surface area contributed by atoms with Gasteiger partial charge in [0.05, 0.1) is 22.9 Å². The summed E-state index contributed by atoms with van der Waals surface area (Å²) in [7, 11) is 0. The van der Waals surface area contributed by atoms with Crippen molar-refractivity contribution in [2.75, 3.05) is 5.73 Å². The Morgan fingerprint density at radius 1 is 1.38 bits per heavy atom. The number of esters is 1. The second kappa shape index (κ2) is 6.37. The van der Waals surface area contributed by atoms with E-state index in [-0.39, 0.29) is 22.3 Å². The molecular formula is C15H10BrFN2O2. The maximum absolute atomic E-state index is 13.2. The van der Waals surface area contributed by atoms with E-state index in [1.165, 1.54) is 6.07 Å². The van der Waals surface area contributed by atoms with Gasteiger partial charge in [0.25, 0.3) is 0 Å². The third kappa shape index (κ3) is 3.58. The zero-order valence-electron chi connectivity index (χ0n) is 10.8. The van der Waals surface area contributed by atoms with Crippen molar-refractivity contribution in [3.05, 3.63) is 63.4 Å². The van der Waals surface area contributed by atoms with Gasteiger partial charge in [0.1, 0.15) is 12.4 Å². The fourth-order valence-corrected chi connectivity index (χ4v) is 2.16. The van der Waals surface area contributed by atoms with Crippen LogP contribution in [0, 0.1) is 17.1 Å². The van der Waals surface area contributed by atoms with Gasteiger partial charge in [0.2, 0.25) is 0 Å². The highest BCUT2D eigenvalue weighted by Crippen LogP contribution is 2.23. The van der Waals surface area contributed by atoms with E-state index in [4.69, 9.17) is 15.7 Å². The van der Waals surface area contributed by atoms with E-state index < -0.39 is 11.8 Å². The lowest BCUT2D eigenvalue weighted by Crippen LogP contribution is -2.07. The first-order valence-corrected chi connectivity index (χ1v) is 6.71. The van der Waals surface area contributed by atoms with Crippen molar-refractivity contribution in [2.45, 2.75) is 6.61 Å². The van der Waals surface area contributed by atoms with E-state index in [1.54, 1.807) is 24.3 Å². The molecule has 0 saturated heterocycles. The molecule has 0 bridgehead atoms. The number of ether oxygens (including phenoxy) is 1. The van der Waals surface area contributed by atoms with E-state index >= 15 is 0 Å². The number of carbonyl (C=O) groups excluding carboxylic acids is 1. The van der Waals surface area contributed by atoms with Crippen molar-refractivity contribution >= 4 is 27.6 Å². The SMILES string of the molecule is N#Cc1cccc(COC(=O)c2cc(N)c(F)cc2Br)c1. The summed E-state index contributed by atoms with van der Waals surface area (Å²) < 4.78 is 18.6. The molecule has 0 fully saturated rings. The highest BCUT2D eigenvalue weighted by atomic mass is 79.9. The molecule has 2 aromatic rings. The fourth-order valence-electron chi connectivity index (χ4n) is 1.68. The minimum Gasteiger partial charge on any atom is -0.457 e. The van der Waals surface area contributed by atoms with Gasteiger partial charge < -0.3 is 10.5 Å². The number of benzene rings is 2. The summed E-state index contributed by atoms with van der Waals surface area (Å²) in [6.45, 7) is 0.0120. The van der Waals surface area contributed by atoms with Crippen LogP contribution in [-0.4, -0.2) is 5.97 Å². The Hall–Kier alpha value is -2.39. The minimum absolute atomic E-state index is 0.0120. The fraction of sp³-hybridized carbons (Fsp3) is 0.0667. The second-order valence-corrected chi connectivity index (χ2v) is 5.10. The van der Waals surface area contributed by atoms with Crippen LogP contribution in [0.4, 0.5) is 10.1 Å². The number of anilines is 1. The Morgan fingerprint density at radius 3 is 2.86 bits per heavy atom. The first-order valence-electron chi connectivity index (χ1n) is 5.92. The summed E-state index contributed by atoms with van der Waals surface area (Å²) in [4.78, 5) is 12.0. The van der Waals surface area contributed by atoms with Gasteiger partial charge in [0.15, 0.2) is 0 Å². The average Bonchev–Trinajstić information content (AvgIpc) is 2.48. The van der Waals surface area contributed by atoms with Crippen LogP contribution in [0.3, 0.4) is 0 Å². The van der Waals surface area contributed by atoms with Crippen molar-refractivity contribution in [2.24, 2.45) is 0 Å². The number of nitriles is 1. The Balaban J connectivity index is 2.12. The first-order chi connectivity index (χ1) is 10.0. The van der Waals surface area contributed by atoms with Gasteiger partial charge in [-0.3, -0.25) is 0 Å². The number of hydrogen-bond acceptors (Lipinski definition) is 4. The molecule has 4 nitrogen and oxygen atoms in total. The zero-order chi connectivity index (χ0) is 15.4. The summed E-state index contributed by atoms with van der Waals surface area (Å²) in [6, 6.07) is 11.1. The number of nitrogens with zero attached hydrogens (tertiary/aromatic N) is 1. The number of rotatable bonds is 3. The molecule has 0 saturated carbocycles. The minimum atomic E-state index is -0.629. The molecule has 0 spiro atoms. The van der Waals surface area contributed by atoms with Gasteiger partial charge in [-0.15, -0.1) is 0 Å². The van der Waals surface area contributed by atoms with Crippen molar-refractivity contribution in [3.8, 4) is 6.07 Å². The van der Waals surface area contributed by atoms with Crippen LogP contribution in [0.25, 0.3) is 0 Å². The van der Waals surface area contributed by atoms with Gasteiger partial charge >= 0.3 is 5.97 Å². The maximum atomic E-state index is 13.2. The number of nitrogen functional groups attached to an aromatic ring is 1. The van der Waals surface area contributed by atoms with E-state index in [0.717, 1.165) is 6.07 Å². The summed E-state index contributed by atoms with van der Waals surface area (Å²) >= 11 is 3.09. The van der Waals surface area contributed by atoms with Gasteiger partial charge in [-0.25, -0.2) is 9.18 Å². The van der Waals surface area contributed by atoms with Gasteiger partial charge in [-0.1, -0.05) is 12.1 Å². The summed E-state index contributed by atoms with van der Waals surface area (Å²) in [5.74, 6) is -1.24. The van der Waals surface area contributed by atoms with Gasteiger partial charge in [-0.2, -0.15) is 5.26 Å². The number of halogens is 2. The molecule has 0 radical (unpaired) electrons. The van der Waals surface area contributed by atoms with E-state index in [1.807, 2.05) is 6.07 Å². The zero-order valence-corrected chi connectivity index (χ0v) is 12.4. The van der Waals surface area contributed by atoms with Crippen molar-refractivity contribution in [3.63, 3.8) is 0 Å². The van der Waals surface area contributed by atoms with Crippen LogP contribution in [0.15, 0.2) is 40.9 Å². The third-order valence-corrected chi connectivity index (χ3v) is 3.39. The molecule has 6 heteroatoms. The lowest BCUT2D eigenvalue weighted by atomic mass is 10.1. The molecule has 0 aliphatic heterocycles. The lowest BCUT2D eigenvalue weighted by molar-refractivity contribution is 0.0471. The predicted octanol–water partition coefficient (Wildman–Crippen LogP) is 3.40. The molecule has 0 heterocycles. The summed E-state index contributed by atoms with van der Waals surface area (Å²) in [5.41, 5.74) is 6.62. The van der Waals surface area contributed by atoms with E-state index in [2.05, 4.69) is 15.9 Å². The molecule has 0 aliphatic carbocycles. The maximum Gasteiger partial charge on any atom is 0.339 e. The van der Waals surface area contributed by atoms with Crippen LogP contribution in [-0.2, 0) is 11.3 Å². The van der Waals surface area contributed by atoms with Crippen LogP contribution in [0.2, 0.25) is 0 Å². The molecule has 0 atom stereocenters. The molecule has 0 amide bonds. The quantitative estimate of drug-likeness (QED) is 0.681. The largest absolute Gasteiger partial charge is 0.457 e. The Labute approximate surface area is 129 Å². The predicted molar refractivity (Wildman–Crippen MR) is 78.8 cm³/mol. The van der Waals surface area contributed by atoms with E-state index in [0.29, 0.717) is 11.1 Å². The number of hydrogen-bond donors (Lipinski definition) is 1. The highest BCUT2D eigenvalue weighted by molar-refractivity contribution is 9.10. The summed E-state index contributed by atoms with van der Waals surface area (Å²) in [5, 5.41) is 8.80. The van der Waals surface area contributed by atoms with Gasteiger partial charge in [-0.05, 0) is 45.8 Å². The normalized spacial score (nSPS) is 9.95. The standard InChI is InChI=1S/C15H10BrFN2O2/c16-12-6-13(17)14(19)5-11(12)15(20)21-8-10-3-1-2-9(4-10)7-18/h1-6H,8,19H2. The second-order valence-electron chi connectivity index (χ2n) is 4.24. The molecule has 2 N–H and O–H groups in total. The van der Waals surface area contributed by atoms with Gasteiger partial charge in [0, 0.05) is 4.47 Å². The molecule has 2 aromatic carbocycles.